The third-order valence-electron chi connectivity index (χ3n) is 4.33. The highest BCUT2D eigenvalue weighted by atomic mass is 15.3. The summed E-state index contributed by atoms with van der Waals surface area (Å²) < 4.78 is 0. The maximum absolute atomic E-state index is 2.58. The fourth-order valence-corrected chi connectivity index (χ4v) is 2.81. The highest BCUT2D eigenvalue weighted by molar-refractivity contribution is 5.49. The molecule has 0 bridgehead atoms. The van der Waals surface area contributed by atoms with Gasteiger partial charge in [-0.15, -0.1) is 0 Å². The lowest BCUT2D eigenvalue weighted by molar-refractivity contribution is 0.128. The molecule has 0 saturated carbocycles. The van der Waals surface area contributed by atoms with Crippen LogP contribution in [0.2, 0.25) is 0 Å². The predicted molar refractivity (Wildman–Crippen MR) is 88.7 cm³/mol. The smallest absolute Gasteiger partial charge is 0.0367 e. The molecule has 20 heavy (non-hydrogen) atoms. The Morgan fingerprint density at radius 3 is 1.65 bits per heavy atom. The van der Waals surface area contributed by atoms with Crippen molar-refractivity contribution in [2.24, 2.45) is 0 Å². The first kappa shape index (κ1) is 15.4. The van der Waals surface area contributed by atoms with Crippen LogP contribution in [-0.4, -0.2) is 36.6 Å². The molecule has 0 radical (unpaired) electrons. The average Bonchev–Trinajstić information content (AvgIpc) is 2.37. The van der Waals surface area contributed by atoms with Crippen molar-refractivity contribution in [1.29, 1.82) is 0 Å². The fourth-order valence-electron chi connectivity index (χ4n) is 2.81. The van der Waals surface area contributed by atoms with Crippen molar-refractivity contribution < 1.29 is 0 Å². The van der Waals surface area contributed by atoms with E-state index in [0.717, 1.165) is 26.2 Å². The van der Waals surface area contributed by atoms with Crippen molar-refractivity contribution in [3.8, 4) is 0 Å². The monoisotopic (exact) mass is 274 g/mol. The SMILES string of the molecule is CC(C)(C)c1ccc(N2CCN(C(C)(C)C)CC2)cc1. The Labute approximate surface area is 124 Å². The second kappa shape index (κ2) is 5.40. The largest absolute Gasteiger partial charge is 0.369 e. The van der Waals surface area contributed by atoms with Crippen molar-refractivity contribution in [3.05, 3.63) is 29.8 Å². The molecule has 0 spiro atoms. The van der Waals surface area contributed by atoms with Crippen LogP contribution in [0, 0.1) is 0 Å². The van der Waals surface area contributed by atoms with E-state index in [1.807, 2.05) is 0 Å². The fraction of sp³-hybridized carbons (Fsp3) is 0.667. The zero-order chi connectivity index (χ0) is 15.0. The molecule has 0 atom stereocenters. The first-order valence-electron chi connectivity index (χ1n) is 7.78. The lowest BCUT2D eigenvalue weighted by atomic mass is 9.87. The second-order valence-corrected chi connectivity index (χ2v) is 7.94. The van der Waals surface area contributed by atoms with Crippen LogP contribution in [-0.2, 0) is 5.41 Å². The molecule has 2 rings (SSSR count). The maximum Gasteiger partial charge on any atom is 0.0367 e. The third-order valence-corrected chi connectivity index (χ3v) is 4.33. The molecule has 0 aromatic heterocycles. The summed E-state index contributed by atoms with van der Waals surface area (Å²) in [5.74, 6) is 0. The molecule has 1 aromatic carbocycles. The van der Waals surface area contributed by atoms with Gasteiger partial charge in [-0.1, -0.05) is 32.9 Å². The molecule has 2 nitrogen and oxygen atoms in total. The minimum atomic E-state index is 0.240. The van der Waals surface area contributed by atoms with Crippen LogP contribution in [0.25, 0.3) is 0 Å². The van der Waals surface area contributed by atoms with E-state index >= 15 is 0 Å². The summed E-state index contributed by atoms with van der Waals surface area (Å²) in [4.78, 5) is 5.09. The lowest BCUT2D eigenvalue weighted by Crippen LogP contribution is -2.53. The molecular weight excluding hydrogens is 244 g/mol. The normalized spacial score (nSPS) is 18.4. The summed E-state index contributed by atoms with van der Waals surface area (Å²) in [6.07, 6.45) is 0. The molecule has 112 valence electrons. The number of anilines is 1. The number of benzene rings is 1. The maximum atomic E-state index is 2.58. The van der Waals surface area contributed by atoms with Gasteiger partial charge in [0, 0.05) is 37.4 Å². The van der Waals surface area contributed by atoms with E-state index in [-0.39, 0.29) is 5.41 Å². The molecule has 1 aliphatic rings. The molecule has 1 heterocycles. The van der Waals surface area contributed by atoms with Gasteiger partial charge in [-0.2, -0.15) is 0 Å². The van der Waals surface area contributed by atoms with Gasteiger partial charge < -0.3 is 4.90 Å². The van der Waals surface area contributed by atoms with E-state index in [1.54, 1.807) is 0 Å². The Balaban J connectivity index is 2.01. The summed E-state index contributed by atoms with van der Waals surface area (Å²) in [7, 11) is 0. The van der Waals surface area contributed by atoms with Gasteiger partial charge in [0.15, 0.2) is 0 Å². The van der Waals surface area contributed by atoms with Gasteiger partial charge in [0.2, 0.25) is 0 Å². The van der Waals surface area contributed by atoms with E-state index in [2.05, 4.69) is 75.6 Å². The average molecular weight is 274 g/mol. The molecule has 1 fully saturated rings. The van der Waals surface area contributed by atoms with Gasteiger partial charge in [0.25, 0.3) is 0 Å². The molecule has 1 saturated heterocycles. The van der Waals surface area contributed by atoms with Crippen LogP contribution in [0.3, 0.4) is 0 Å². The summed E-state index contributed by atoms with van der Waals surface area (Å²) >= 11 is 0. The van der Waals surface area contributed by atoms with Crippen LogP contribution in [0.4, 0.5) is 5.69 Å². The summed E-state index contributed by atoms with van der Waals surface area (Å²) in [5, 5.41) is 0. The minimum absolute atomic E-state index is 0.240. The van der Waals surface area contributed by atoms with Crippen molar-refractivity contribution in [3.63, 3.8) is 0 Å². The van der Waals surface area contributed by atoms with Gasteiger partial charge in [0.05, 0.1) is 0 Å². The zero-order valence-electron chi connectivity index (χ0n) is 14.0. The number of nitrogens with zero attached hydrogens (tertiary/aromatic N) is 2. The quantitative estimate of drug-likeness (QED) is 0.766. The zero-order valence-corrected chi connectivity index (χ0v) is 14.0. The molecule has 2 heteroatoms. The highest BCUT2D eigenvalue weighted by Crippen LogP contribution is 2.26. The van der Waals surface area contributed by atoms with Crippen molar-refractivity contribution in [2.45, 2.75) is 52.5 Å². The molecule has 0 amide bonds. The molecule has 0 N–H and O–H groups in total. The van der Waals surface area contributed by atoms with Crippen molar-refractivity contribution >= 4 is 5.69 Å². The number of hydrogen-bond acceptors (Lipinski definition) is 2. The Hall–Kier alpha value is -1.02. The van der Waals surface area contributed by atoms with E-state index in [9.17, 15) is 0 Å². The molecule has 0 aliphatic carbocycles. The van der Waals surface area contributed by atoms with E-state index in [4.69, 9.17) is 0 Å². The van der Waals surface area contributed by atoms with Crippen LogP contribution in [0.1, 0.15) is 47.1 Å². The van der Waals surface area contributed by atoms with Crippen molar-refractivity contribution in [2.75, 3.05) is 31.1 Å². The Morgan fingerprint density at radius 1 is 0.750 bits per heavy atom. The van der Waals surface area contributed by atoms with Gasteiger partial charge in [-0.05, 0) is 43.9 Å². The third kappa shape index (κ3) is 3.54. The van der Waals surface area contributed by atoms with E-state index in [0.29, 0.717) is 5.54 Å². The standard InChI is InChI=1S/C18H30N2/c1-17(2,3)15-7-9-16(10-8-15)19-11-13-20(14-12-19)18(4,5)6/h7-10H,11-14H2,1-6H3. The predicted octanol–water partition coefficient (Wildman–Crippen LogP) is 3.90. The van der Waals surface area contributed by atoms with Gasteiger partial charge >= 0.3 is 0 Å². The first-order chi connectivity index (χ1) is 9.18. The highest BCUT2D eigenvalue weighted by Gasteiger charge is 2.25. The number of hydrogen-bond donors (Lipinski definition) is 0. The van der Waals surface area contributed by atoms with Crippen LogP contribution in [0.15, 0.2) is 24.3 Å². The molecular formula is C18H30N2. The summed E-state index contributed by atoms with van der Waals surface area (Å²) in [5.41, 5.74) is 3.31. The first-order valence-corrected chi connectivity index (χ1v) is 7.78. The Morgan fingerprint density at radius 2 is 1.25 bits per heavy atom. The molecule has 1 aromatic rings. The van der Waals surface area contributed by atoms with Crippen LogP contribution in [0.5, 0.6) is 0 Å². The van der Waals surface area contributed by atoms with Gasteiger partial charge in [-0.25, -0.2) is 0 Å². The molecule has 0 unspecified atom stereocenters. The van der Waals surface area contributed by atoms with E-state index < -0.39 is 0 Å². The number of rotatable bonds is 1. The van der Waals surface area contributed by atoms with Crippen LogP contribution >= 0.6 is 0 Å². The summed E-state index contributed by atoms with van der Waals surface area (Å²) in [6.45, 7) is 18.3. The minimum Gasteiger partial charge on any atom is -0.369 e. The lowest BCUT2D eigenvalue weighted by Gasteiger charge is -2.43. The number of piperazine rings is 1. The molecule has 1 aliphatic heterocycles. The van der Waals surface area contributed by atoms with Gasteiger partial charge in [0.1, 0.15) is 0 Å². The Kier molecular flexibility index (Phi) is 4.15. The Bertz CT molecular complexity index is 426. The summed E-state index contributed by atoms with van der Waals surface area (Å²) in [6, 6.07) is 9.14. The van der Waals surface area contributed by atoms with Crippen molar-refractivity contribution in [1.82, 2.24) is 4.90 Å². The van der Waals surface area contributed by atoms with E-state index in [1.165, 1.54) is 11.3 Å². The van der Waals surface area contributed by atoms with Crippen LogP contribution < -0.4 is 4.90 Å². The van der Waals surface area contributed by atoms with Gasteiger partial charge in [-0.3, -0.25) is 4.90 Å². The topological polar surface area (TPSA) is 6.48 Å². The second-order valence-electron chi connectivity index (χ2n) is 7.94.